The summed E-state index contributed by atoms with van der Waals surface area (Å²) in [4.78, 5) is 15.5. The average Bonchev–Trinajstić information content (AvgIpc) is 2.53. The lowest BCUT2D eigenvalue weighted by atomic mass is 9.71. The van der Waals surface area contributed by atoms with Gasteiger partial charge in [-0.05, 0) is 31.4 Å². The van der Waals surface area contributed by atoms with Gasteiger partial charge >= 0.3 is 0 Å². The fraction of sp³-hybridized carbons (Fsp3) is 0.562. The van der Waals surface area contributed by atoms with Gasteiger partial charge in [-0.25, -0.2) is 9.97 Å². The first-order valence-electron chi connectivity index (χ1n) is 7.80. The van der Waals surface area contributed by atoms with Crippen LogP contribution in [-0.2, 0) is 0 Å². The average molecular weight is 284 g/mol. The number of hydrogen-bond donors (Lipinski definition) is 1. The molecular weight excluding hydrogens is 264 g/mol. The Labute approximate surface area is 124 Å². The third-order valence-electron chi connectivity index (χ3n) is 5.07. The van der Waals surface area contributed by atoms with Crippen molar-refractivity contribution < 1.29 is 5.11 Å². The number of fused-ring (bicyclic) bond motifs is 2. The predicted molar refractivity (Wildman–Crippen MR) is 81.1 cm³/mol. The molecule has 1 N–H and O–H groups in total. The van der Waals surface area contributed by atoms with Gasteiger partial charge in [-0.15, -0.1) is 0 Å². The maximum absolute atomic E-state index is 10.8. The molecule has 0 bridgehead atoms. The predicted octanol–water partition coefficient (Wildman–Crippen LogP) is 2.16. The maximum Gasteiger partial charge on any atom is 0.180 e. The molecule has 2 aliphatic rings. The first-order chi connectivity index (χ1) is 10.2. The van der Waals surface area contributed by atoms with E-state index < -0.39 is 5.60 Å². The zero-order valence-electron chi connectivity index (χ0n) is 12.1. The number of pyridine rings is 1. The zero-order valence-corrected chi connectivity index (χ0v) is 12.1. The van der Waals surface area contributed by atoms with Crippen LogP contribution in [-0.4, -0.2) is 38.7 Å². The van der Waals surface area contributed by atoms with Gasteiger partial charge < -0.3 is 10.0 Å². The first-order valence-corrected chi connectivity index (χ1v) is 7.80. The van der Waals surface area contributed by atoms with Gasteiger partial charge in [-0.3, -0.25) is 4.98 Å². The number of piperidine rings is 1. The van der Waals surface area contributed by atoms with Crippen LogP contribution in [0.3, 0.4) is 0 Å². The Kier molecular flexibility index (Phi) is 3.03. The SMILES string of the molecule is O[C@@]12CCCC[C@H]1CN(c1ccc3nccnc3n1)CC2. The molecule has 0 spiro atoms. The molecule has 0 aromatic carbocycles. The van der Waals surface area contributed by atoms with Crippen LogP contribution in [0.5, 0.6) is 0 Å². The monoisotopic (exact) mass is 284 g/mol. The fourth-order valence-electron chi connectivity index (χ4n) is 3.80. The van der Waals surface area contributed by atoms with Crippen molar-refractivity contribution in [1.82, 2.24) is 15.0 Å². The third-order valence-corrected chi connectivity index (χ3v) is 5.07. The lowest BCUT2D eigenvalue weighted by Gasteiger charge is -2.47. The van der Waals surface area contributed by atoms with Gasteiger partial charge in [0, 0.05) is 31.4 Å². The maximum atomic E-state index is 10.8. The number of rotatable bonds is 1. The molecule has 0 radical (unpaired) electrons. The number of anilines is 1. The standard InChI is InChI=1S/C16H20N4O/c21-16-6-2-1-3-12(16)11-20(10-7-16)14-5-4-13-15(19-14)18-9-8-17-13/h4-5,8-9,12,21H,1-3,6-7,10-11H2/t12-,16+/m0/s1. The molecule has 1 aliphatic heterocycles. The minimum absolute atomic E-state index is 0.374. The van der Waals surface area contributed by atoms with Gasteiger partial charge in [-0.2, -0.15) is 0 Å². The summed E-state index contributed by atoms with van der Waals surface area (Å²) in [7, 11) is 0. The van der Waals surface area contributed by atoms with E-state index >= 15 is 0 Å². The van der Waals surface area contributed by atoms with Crippen LogP contribution in [0.15, 0.2) is 24.5 Å². The molecule has 0 amide bonds. The molecule has 1 aliphatic carbocycles. The Morgan fingerprint density at radius 3 is 3.00 bits per heavy atom. The molecule has 0 unspecified atom stereocenters. The molecule has 3 heterocycles. The molecule has 1 saturated carbocycles. The second-order valence-electron chi connectivity index (χ2n) is 6.31. The molecular formula is C16H20N4O. The number of hydrogen-bond acceptors (Lipinski definition) is 5. The molecule has 1 saturated heterocycles. The highest BCUT2D eigenvalue weighted by Gasteiger charge is 2.42. The van der Waals surface area contributed by atoms with Gasteiger partial charge in [0.25, 0.3) is 0 Å². The fourth-order valence-corrected chi connectivity index (χ4v) is 3.80. The summed E-state index contributed by atoms with van der Waals surface area (Å²) in [5.41, 5.74) is 1.08. The summed E-state index contributed by atoms with van der Waals surface area (Å²) in [5, 5.41) is 10.8. The van der Waals surface area contributed by atoms with Crippen LogP contribution in [0, 0.1) is 5.92 Å². The first kappa shape index (κ1) is 13.0. The van der Waals surface area contributed by atoms with Crippen molar-refractivity contribution in [2.75, 3.05) is 18.0 Å². The van der Waals surface area contributed by atoms with Crippen molar-refractivity contribution in [2.24, 2.45) is 5.92 Å². The molecule has 2 aromatic rings. The van der Waals surface area contributed by atoms with Crippen LogP contribution in [0.4, 0.5) is 5.82 Å². The van der Waals surface area contributed by atoms with Crippen molar-refractivity contribution in [3.05, 3.63) is 24.5 Å². The van der Waals surface area contributed by atoms with Crippen LogP contribution in [0.25, 0.3) is 11.2 Å². The van der Waals surface area contributed by atoms with E-state index in [-0.39, 0.29) is 0 Å². The molecule has 110 valence electrons. The minimum atomic E-state index is -0.439. The summed E-state index contributed by atoms with van der Waals surface area (Å²) in [6.45, 7) is 1.76. The lowest BCUT2D eigenvalue weighted by molar-refractivity contribution is -0.0613. The van der Waals surface area contributed by atoms with Gasteiger partial charge in [0.15, 0.2) is 5.65 Å². The molecule has 4 rings (SSSR count). The van der Waals surface area contributed by atoms with E-state index in [4.69, 9.17) is 0 Å². The number of nitrogens with zero attached hydrogens (tertiary/aromatic N) is 4. The van der Waals surface area contributed by atoms with E-state index in [1.54, 1.807) is 12.4 Å². The van der Waals surface area contributed by atoms with Gasteiger partial charge in [0.2, 0.25) is 0 Å². The highest BCUT2D eigenvalue weighted by molar-refractivity contribution is 5.71. The Bertz CT molecular complexity index is 662. The van der Waals surface area contributed by atoms with E-state index in [9.17, 15) is 5.11 Å². The van der Waals surface area contributed by atoms with Crippen molar-refractivity contribution in [3.63, 3.8) is 0 Å². The summed E-state index contributed by atoms with van der Waals surface area (Å²) in [6, 6.07) is 4.00. The highest BCUT2D eigenvalue weighted by Crippen LogP contribution is 2.40. The van der Waals surface area contributed by atoms with Crippen molar-refractivity contribution >= 4 is 17.0 Å². The third kappa shape index (κ3) is 2.25. The molecule has 2 atom stereocenters. The van der Waals surface area contributed by atoms with Crippen molar-refractivity contribution in [2.45, 2.75) is 37.7 Å². The Morgan fingerprint density at radius 1 is 1.14 bits per heavy atom. The smallest absolute Gasteiger partial charge is 0.180 e. The number of aromatic nitrogens is 3. The van der Waals surface area contributed by atoms with Gasteiger partial charge in [-0.1, -0.05) is 12.8 Å². The normalized spacial score (nSPS) is 29.4. The highest BCUT2D eigenvalue weighted by atomic mass is 16.3. The summed E-state index contributed by atoms with van der Waals surface area (Å²) in [5.74, 6) is 1.33. The van der Waals surface area contributed by atoms with Gasteiger partial charge in [0.1, 0.15) is 11.3 Å². The van der Waals surface area contributed by atoms with Gasteiger partial charge in [0.05, 0.1) is 5.60 Å². The van der Waals surface area contributed by atoms with Crippen molar-refractivity contribution in [1.29, 1.82) is 0 Å². The van der Waals surface area contributed by atoms with Crippen LogP contribution in [0.1, 0.15) is 32.1 Å². The van der Waals surface area contributed by atoms with Crippen LogP contribution in [0.2, 0.25) is 0 Å². The second-order valence-corrected chi connectivity index (χ2v) is 6.31. The second kappa shape index (κ2) is 4.91. The topological polar surface area (TPSA) is 62.1 Å². The largest absolute Gasteiger partial charge is 0.389 e. The van der Waals surface area contributed by atoms with Crippen LogP contribution >= 0.6 is 0 Å². The Morgan fingerprint density at radius 2 is 2.05 bits per heavy atom. The van der Waals surface area contributed by atoms with Crippen LogP contribution < -0.4 is 4.90 Å². The molecule has 21 heavy (non-hydrogen) atoms. The van der Waals surface area contributed by atoms with Crippen molar-refractivity contribution in [3.8, 4) is 0 Å². The molecule has 5 nitrogen and oxygen atoms in total. The zero-order chi connectivity index (χ0) is 14.3. The lowest BCUT2D eigenvalue weighted by Crippen LogP contribution is -2.53. The molecule has 2 aromatic heterocycles. The van der Waals surface area contributed by atoms with E-state index in [0.717, 1.165) is 50.1 Å². The molecule has 2 fully saturated rings. The Balaban J connectivity index is 1.61. The van der Waals surface area contributed by atoms with E-state index in [1.807, 2.05) is 12.1 Å². The summed E-state index contributed by atoms with van der Waals surface area (Å²) < 4.78 is 0. The summed E-state index contributed by atoms with van der Waals surface area (Å²) >= 11 is 0. The molecule has 5 heteroatoms. The number of aliphatic hydroxyl groups is 1. The minimum Gasteiger partial charge on any atom is -0.389 e. The Hall–Kier alpha value is -1.75. The quantitative estimate of drug-likeness (QED) is 0.869. The van der Waals surface area contributed by atoms with E-state index in [0.29, 0.717) is 11.6 Å². The van der Waals surface area contributed by atoms with E-state index in [2.05, 4.69) is 19.9 Å². The summed E-state index contributed by atoms with van der Waals surface area (Å²) in [6.07, 6.45) is 8.69. The van der Waals surface area contributed by atoms with E-state index in [1.165, 1.54) is 6.42 Å².